The summed E-state index contributed by atoms with van der Waals surface area (Å²) in [6.45, 7) is 3.25. The normalized spacial score (nSPS) is 16.6. The van der Waals surface area contributed by atoms with Crippen LogP contribution in [0.5, 0.6) is 0 Å². The number of nitrogens with zero attached hydrogens (tertiary/aromatic N) is 3. The summed E-state index contributed by atoms with van der Waals surface area (Å²) in [6, 6.07) is 0. The summed E-state index contributed by atoms with van der Waals surface area (Å²) in [5.41, 5.74) is 1.10. The fourth-order valence-corrected chi connectivity index (χ4v) is 3.24. The maximum Gasteiger partial charge on any atom is 0.137 e. The lowest BCUT2D eigenvalue weighted by Gasteiger charge is -2.28. The van der Waals surface area contributed by atoms with Crippen LogP contribution in [0.25, 0.3) is 0 Å². The molecule has 0 bridgehead atoms. The van der Waals surface area contributed by atoms with Crippen molar-refractivity contribution in [2.45, 2.75) is 51.9 Å². The molecule has 3 nitrogen and oxygen atoms in total. The summed E-state index contributed by atoms with van der Waals surface area (Å²) >= 11 is 6.22. The lowest BCUT2D eigenvalue weighted by molar-refractivity contribution is 0.361. The smallest absolute Gasteiger partial charge is 0.137 e. The fraction of sp³-hybridized carbons (Fsp3) is 0.733. The molecule has 1 aliphatic carbocycles. The molecule has 1 aliphatic rings. The second kappa shape index (κ2) is 7.09. The van der Waals surface area contributed by atoms with Gasteiger partial charge in [-0.1, -0.05) is 44.2 Å². The zero-order valence-electron chi connectivity index (χ0n) is 12.0. The van der Waals surface area contributed by atoms with Crippen LogP contribution in [0.4, 0.5) is 5.82 Å². The van der Waals surface area contributed by atoms with Crippen molar-refractivity contribution in [2.75, 3.05) is 18.5 Å². The SMILES string of the molecule is CCCc1c(Cl)ncnc1N(C)CC1CCCCC1. The molecule has 1 aromatic rings. The molecular formula is C15H24ClN3. The lowest BCUT2D eigenvalue weighted by Crippen LogP contribution is -2.28. The standard InChI is InChI=1S/C15H24ClN3/c1-3-7-13-14(16)17-11-18-15(13)19(2)10-12-8-5-4-6-9-12/h11-12H,3-10H2,1-2H3. The second-order valence-electron chi connectivity index (χ2n) is 5.60. The molecule has 0 unspecified atom stereocenters. The first kappa shape index (κ1) is 14.6. The van der Waals surface area contributed by atoms with Gasteiger partial charge in [0, 0.05) is 19.2 Å². The van der Waals surface area contributed by atoms with E-state index in [0.29, 0.717) is 5.15 Å². The van der Waals surface area contributed by atoms with Gasteiger partial charge < -0.3 is 4.90 Å². The van der Waals surface area contributed by atoms with Gasteiger partial charge in [0.15, 0.2) is 0 Å². The van der Waals surface area contributed by atoms with Crippen LogP contribution >= 0.6 is 11.6 Å². The van der Waals surface area contributed by atoms with E-state index in [4.69, 9.17) is 11.6 Å². The average Bonchev–Trinajstić information content (AvgIpc) is 2.42. The quantitative estimate of drug-likeness (QED) is 0.761. The van der Waals surface area contributed by atoms with E-state index < -0.39 is 0 Å². The van der Waals surface area contributed by atoms with E-state index in [-0.39, 0.29) is 0 Å². The van der Waals surface area contributed by atoms with E-state index in [9.17, 15) is 0 Å². The number of anilines is 1. The molecule has 0 N–H and O–H groups in total. The predicted octanol–water partition coefficient (Wildman–Crippen LogP) is 4.10. The van der Waals surface area contributed by atoms with Crippen molar-refractivity contribution in [3.8, 4) is 0 Å². The highest BCUT2D eigenvalue weighted by Gasteiger charge is 2.19. The van der Waals surface area contributed by atoms with Gasteiger partial charge in [0.1, 0.15) is 17.3 Å². The predicted molar refractivity (Wildman–Crippen MR) is 80.9 cm³/mol. The first-order valence-corrected chi connectivity index (χ1v) is 7.80. The van der Waals surface area contributed by atoms with E-state index in [1.54, 1.807) is 6.33 Å². The molecule has 0 radical (unpaired) electrons. The summed E-state index contributed by atoms with van der Waals surface area (Å²) in [5.74, 6) is 1.83. The van der Waals surface area contributed by atoms with Crippen molar-refractivity contribution >= 4 is 17.4 Å². The van der Waals surface area contributed by atoms with Gasteiger partial charge in [0.25, 0.3) is 0 Å². The van der Waals surface area contributed by atoms with E-state index >= 15 is 0 Å². The summed E-state index contributed by atoms with van der Waals surface area (Å²) in [6.07, 6.45) is 10.5. The third kappa shape index (κ3) is 3.82. The molecular weight excluding hydrogens is 258 g/mol. The van der Waals surface area contributed by atoms with E-state index in [1.807, 2.05) is 0 Å². The summed E-state index contributed by atoms with van der Waals surface area (Å²) in [4.78, 5) is 10.8. The summed E-state index contributed by atoms with van der Waals surface area (Å²) in [5, 5.41) is 0.613. The Balaban J connectivity index is 2.08. The van der Waals surface area contributed by atoms with Crippen LogP contribution in [0.15, 0.2) is 6.33 Å². The lowest BCUT2D eigenvalue weighted by atomic mass is 9.89. The fourth-order valence-electron chi connectivity index (χ4n) is 3.02. The Kier molecular flexibility index (Phi) is 5.44. The van der Waals surface area contributed by atoms with Crippen molar-refractivity contribution in [2.24, 2.45) is 5.92 Å². The van der Waals surface area contributed by atoms with Crippen LogP contribution in [0, 0.1) is 5.92 Å². The van der Waals surface area contributed by atoms with Crippen molar-refractivity contribution in [1.82, 2.24) is 9.97 Å². The van der Waals surface area contributed by atoms with Crippen LogP contribution in [0.3, 0.4) is 0 Å². The minimum Gasteiger partial charge on any atom is -0.359 e. The molecule has 0 saturated heterocycles. The highest BCUT2D eigenvalue weighted by Crippen LogP contribution is 2.28. The minimum absolute atomic E-state index is 0.613. The maximum atomic E-state index is 6.22. The van der Waals surface area contributed by atoms with Crippen molar-refractivity contribution in [3.05, 3.63) is 17.0 Å². The van der Waals surface area contributed by atoms with Crippen LogP contribution < -0.4 is 4.90 Å². The Bertz CT molecular complexity index is 402. The molecule has 1 heterocycles. The third-order valence-corrected chi connectivity index (χ3v) is 4.31. The molecule has 1 fully saturated rings. The average molecular weight is 282 g/mol. The molecule has 0 aliphatic heterocycles. The van der Waals surface area contributed by atoms with Crippen LogP contribution in [-0.2, 0) is 6.42 Å². The van der Waals surface area contributed by atoms with E-state index in [1.165, 1.54) is 32.1 Å². The first-order chi connectivity index (χ1) is 9.22. The summed E-state index contributed by atoms with van der Waals surface area (Å²) in [7, 11) is 2.13. The molecule has 1 saturated carbocycles. The Morgan fingerprint density at radius 2 is 2.00 bits per heavy atom. The molecule has 0 spiro atoms. The van der Waals surface area contributed by atoms with Crippen LogP contribution in [0.2, 0.25) is 5.15 Å². The molecule has 0 atom stereocenters. The Labute approximate surface area is 121 Å². The van der Waals surface area contributed by atoms with Crippen LogP contribution in [0.1, 0.15) is 51.0 Å². The number of halogens is 1. The molecule has 106 valence electrons. The molecule has 0 aromatic carbocycles. The maximum absolute atomic E-state index is 6.22. The van der Waals surface area contributed by atoms with Crippen LogP contribution in [-0.4, -0.2) is 23.6 Å². The van der Waals surface area contributed by atoms with Gasteiger partial charge in [-0.3, -0.25) is 0 Å². The van der Waals surface area contributed by atoms with Gasteiger partial charge in [-0.05, 0) is 25.2 Å². The highest BCUT2D eigenvalue weighted by atomic mass is 35.5. The molecule has 0 amide bonds. The molecule has 19 heavy (non-hydrogen) atoms. The first-order valence-electron chi connectivity index (χ1n) is 7.43. The van der Waals surface area contributed by atoms with E-state index in [0.717, 1.165) is 36.7 Å². The largest absolute Gasteiger partial charge is 0.359 e. The second-order valence-corrected chi connectivity index (χ2v) is 5.96. The minimum atomic E-state index is 0.613. The number of rotatable bonds is 5. The third-order valence-electron chi connectivity index (χ3n) is 3.99. The number of aromatic nitrogens is 2. The van der Waals surface area contributed by atoms with Crippen molar-refractivity contribution < 1.29 is 0 Å². The molecule has 4 heteroatoms. The highest BCUT2D eigenvalue weighted by molar-refractivity contribution is 6.30. The molecule has 1 aromatic heterocycles. The van der Waals surface area contributed by atoms with Gasteiger partial charge in [-0.25, -0.2) is 9.97 Å². The van der Waals surface area contributed by atoms with Crippen molar-refractivity contribution in [1.29, 1.82) is 0 Å². The van der Waals surface area contributed by atoms with Gasteiger partial charge in [-0.15, -0.1) is 0 Å². The topological polar surface area (TPSA) is 29.0 Å². The Morgan fingerprint density at radius 3 is 2.68 bits per heavy atom. The van der Waals surface area contributed by atoms with Gasteiger partial charge in [0.05, 0.1) is 0 Å². The number of hydrogen-bond acceptors (Lipinski definition) is 3. The van der Waals surface area contributed by atoms with Gasteiger partial charge in [0.2, 0.25) is 0 Å². The summed E-state index contributed by atoms with van der Waals surface area (Å²) < 4.78 is 0. The Hall–Kier alpha value is -0.830. The zero-order valence-corrected chi connectivity index (χ0v) is 12.8. The Morgan fingerprint density at radius 1 is 1.26 bits per heavy atom. The monoisotopic (exact) mass is 281 g/mol. The van der Waals surface area contributed by atoms with E-state index in [2.05, 4.69) is 28.8 Å². The van der Waals surface area contributed by atoms with Gasteiger partial charge in [-0.2, -0.15) is 0 Å². The number of hydrogen-bond donors (Lipinski definition) is 0. The van der Waals surface area contributed by atoms with Gasteiger partial charge >= 0.3 is 0 Å². The zero-order chi connectivity index (χ0) is 13.7. The van der Waals surface area contributed by atoms with Crippen molar-refractivity contribution in [3.63, 3.8) is 0 Å². The molecule has 2 rings (SSSR count).